The predicted molar refractivity (Wildman–Crippen MR) is 108 cm³/mol. The third kappa shape index (κ3) is 2.56. The number of carbonyl (C=O) groups is 1. The van der Waals surface area contributed by atoms with Gasteiger partial charge in [-0.2, -0.15) is 0 Å². The van der Waals surface area contributed by atoms with Crippen molar-refractivity contribution in [2.45, 2.75) is 18.5 Å². The Kier molecular flexibility index (Phi) is 3.84. The van der Waals surface area contributed by atoms with Crippen molar-refractivity contribution >= 4 is 32.6 Å². The van der Waals surface area contributed by atoms with E-state index in [1.807, 2.05) is 23.1 Å². The minimum Gasteiger partial charge on any atom is -0.333 e. The van der Waals surface area contributed by atoms with Crippen LogP contribution in [0.4, 0.5) is 0 Å². The molecule has 26 heavy (non-hydrogen) atoms. The second-order valence-electron chi connectivity index (χ2n) is 7.18. The van der Waals surface area contributed by atoms with E-state index in [2.05, 4.69) is 63.7 Å². The molecule has 130 valence electrons. The number of carbonyl (C=O) groups excluding carboxylic acids is 1. The van der Waals surface area contributed by atoms with Gasteiger partial charge in [0, 0.05) is 40.8 Å². The molecule has 0 saturated carbocycles. The fraction of sp³-hybridized carbons (Fsp3) is 0.227. The quantitative estimate of drug-likeness (QED) is 0.681. The van der Waals surface area contributed by atoms with E-state index < -0.39 is 0 Å². The molecule has 0 radical (unpaired) electrons. The van der Waals surface area contributed by atoms with E-state index in [0.29, 0.717) is 12.1 Å². The van der Waals surface area contributed by atoms with Crippen molar-refractivity contribution in [3.05, 3.63) is 70.7 Å². The maximum absolute atomic E-state index is 13.1. The smallest absolute Gasteiger partial charge is 0.254 e. The van der Waals surface area contributed by atoms with Gasteiger partial charge in [0.1, 0.15) is 0 Å². The molecule has 0 aliphatic carbocycles. The Morgan fingerprint density at radius 2 is 1.96 bits per heavy atom. The molecule has 2 aliphatic rings. The van der Waals surface area contributed by atoms with E-state index >= 15 is 0 Å². The number of piperazine rings is 1. The van der Waals surface area contributed by atoms with E-state index in [1.165, 1.54) is 10.8 Å². The van der Waals surface area contributed by atoms with Gasteiger partial charge in [-0.25, -0.2) is 0 Å². The number of amides is 1. The van der Waals surface area contributed by atoms with Gasteiger partial charge in [-0.3, -0.25) is 4.79 Å². The van der Waals surface area contributed by atoms with Crippen LogP contribution < -0.4 is 5.32 Å². The summed E-state index contributed by atoms with van der Waals surface area (Å²) in [6, 6.07) is 21.4. The van der Waals surface area contributed by atoms with Gasteiger partial charge in [-0.15, -0.1) is 0 Å². The number of likely N-dealkylation sites (tertiary alicyclic amines) is 1. The molecule has 5 rings (SSSR count). The number of nitrogens with one attached hydrogen (secondary N) is 1. The van der Waals surface area contributed by atoms with Crippen LogP contribution >= 0.6 is 15.9 Å². The van der Waals surface area contributed by atoms with E-state index in [1.54, 1.807) is 0 Å². The molecular formula is C22H19BrN2O. The van der Waals surface area contributed by atoms with Crippen molar-refractivity contribution in [3.8, 4) is 11.1 Å². The summed E-state index contributed by atoms with van der Waals surface area (Å²) in [5.41, 5.74) is 2.99. The number of hydrogen-bond donors (Lipinski definition) is 1. The number of fused-ring (bicyclic) bond motifs is 3. The molecule has 2 saturated heterocycles. The van der Waals surface area contributed by atoms with Gasteiger partial charge in [-0.1, -0.05) is 58.4 Å². The highest BCUT2D eigenvalue weighted by molar-refractivity contribution is 9.10. The number of halogens is 1. The third-order valence-corrected chi connectivity index (χ3v) is 6.25. The van der Waals surface area contributed by atoms with Crippen LogP contribution in [0.25, 0.3) is 21.9 Å². The molecule has 1 amide bonds. The lowest BCUT2D eigenvalue weighted by Crippen LogP contribution is -2.46. The fourth-order valence-corrected chi connectivity index (χ4v) is 4.90. The Labute approximate surface area is 161 Å². The summed E-state index contributed by atoms with van der Waals surface area (Å²) in [5.74, 6) is 0.150. The third-order valence-electron chi connectivity index (χ3n) is 5.59. The number of nitrogens with zero attached hydrogens (tertiary/aromatic N) is 1. The van der Waals surface area contributed by atoms with E-state index in [4.69, 9.17) is 0 Å². The van der Waals surface area contributed by atoms with Crippen LogP contribution in [-0.2, 0) is 0 Å². The molecule has 3 aromatic rings. The van der Waals surface area contributed by atoms with Crippen molar-refractivity contribution in [3.63, 3.8) is 0 Å². The highest BCUT2D eigenvalue weighted by Gasteiger charge is 2.40. The van der Waals surface area contributed by atoms with Crippen LogP contribution in [0.2, 0.25) is 0 Å². The first kappa shape index (κ1) is 16.0. The maximum atomic E-state index is 13.1. The first-order valence-corrected chi connectivity index (χ1v) is 9.82. The lowest BCUT2D eigenvalue weighted by molar-refractivity contribution is 0.0716. The summed E-state index contributed by atoms with van der Waals surface area (Å²) in [5, 5.41) is 5.85. The molecule has 2 unspecified atom stereocenters. The molecule has 2 atom stereocenters. The zero-order chi connectivity index (χ0) is 17.7. The van der Waals surface area contributed by atoms with Crippen LogP contribution in [0.15, 0.2) is 65.1 Å². The average molecular weight is 407 g/mol. The highest BCUT2D eigenvalue weighted by Crippen LogP contribution is 2.36. The topological polar surface area (TPSA) is 32.3 Å². The van der Waals surface area contributed by atoms with Gasteiger partial charge in [-0.05, 0) is 41.0 Å². The molecule has 3 nitrogen and oxygen atoms in total. The van der Waals surface area contributed by atoms with Gasteiger partial charge in [0.2, 0.25) is 0 Å². The van der Waals surface area contributed by atoms with Gasteiger partial charge >= 0.3 is 0 Å². The largest absolute Gasteiger partial charge is 0.333 e. The van der Waals surface area contributed by atoms with E-state index in [-0.39, 0.29) is 5.91 Å². The number of rotatable bonds is 2. The predicted octanol–water partition coefficient (Wildman–Crippen LogP) is 4.46. The minimum atomic E-state index is 0.150. The Morgan fingerprint density at radius 3 is 2.77 bits per heavy atom. The molecular weight excluding hydrogens is 388 g/mol. The molecule has 2 aliphatic heterocycles. The molecule has 2 heterocycles. The first-order valence-electron chi connectivity index (χ1n) is 9.03. The van der Waals surface area contributed by atoms with Crippen molar-refractivity contribution in [2.75, 3.05) is 13.1 Å². The van der Waals surface area contributed by atoms with Crippen LogP contribution in [0, 0.1) is 0 Å². The second-order valence-corrected chi connectivity index (χ2v) is 8.03. The lowest BCUT2D eigenvalue weighted by atomic mass is 9.96. The second kappa shape index (κ2) is 6.22. The van der Waals surface area contributed by atoms with Crippen molar-refractivity contribution in [1.82, 2.24) is 10.2 Å². The van der Waals surface area contributed by atoms with Crippen molar-refractivity contribution in [1.29, 1.82) is 0 Å². The van der Waals surface area contributed by atoms with E-state index in [0.717, 1.165) is 40.7 Å². The van der Waals surface area contributed by atoms with Gasteiger partial charge in [0.25, 0.3) is 5.91 Å². The highest BCUT2D eigenvalue weighted by atomic mass is 79.9. The van der Waals surface area contributed by atoms with Gasteiger partial charge in [0.05, 0.1) is 0 Å². The van der Waals surface area contributed by atoms with Crippen molar-refractivity contribution in [2.24, 2.45) is 0 Å². The molecule has 0 aromatic heterocycles. The summed E-state index contributed by atoms with van der Waals surface area (Å²) >= 11 is 3.70. The van der Waals surface area contributed by atoms with E-state index in [9.17, 15) is 4.79 Å². The molecule has 0 spiro atoms. The number of hydrogen-bond acceptors (Lipinski definition) is 2. The zero-order valence-corrected chi connectivity index (χ0v) is 15.9. The minimum absolute atomic E-state index is 0.150. The Hall–Kier alpha value is -2.17. The lowest BCUT2D eigenvalue weighted by Gasteiger charge is -2.27. The molecule has 1 N–H and O–H groups in total. The van der Waals surface area contributed by atoms with Crippen molar-refractivity contribution < 1.29 is 4.79 Å². The van der Waals surface area contributed by atoms with Crippen LogP contribution in [0.1, 0.15) is 16.8 Å². The Balaban J connectivity index is 1.57. The summed E-state index contributed by atoms with van der Waals surface area (Å²) in [7, 11) is 0. The fourth-order valence-electron chi connectivity index (χ4n) is 4.32. The molecule has 2 bridgehead atoms. The summed E-state index contributed by atoms with van der Waals surface area (Å²) in [6.45, 7) is 1.75. The maximum Gasteiger partial charge on any atom is 0.254 e. The first-order chi connectivity index (χ1) is 12.7. The molecule has 4 heteroatoms. The van der Waals surface area contributed by atoms with Gasteiger partial charge < -0.3 is 10.2 Å². The van der Waals surface area contributed by atoms with Crippen LogP contribution in [0.3, 0.4) is 0 Å². The normalized spacial score (nSPS) is 21.5. The monoisotopic (exact) mass is 406 g/mol. The summed E-state index contributed by atoms with van der Waals surface area (Å²) in [4.78, 5) is 15.1. The molecule has 2 fully saturated rings. The summed E-state index contributed by atoms with van der Waals surface area (Å²) < 4.78 is 1.05. The van der Waals surface area contributed by atoms with Crippen LogP contribution in [-0.4, -0.2) is 36.0 Å². The molecule has 3 aromatic carbocycles. The SMILES string of the molecule is O=C(c1cccc(-c2c(Br)ccc3ccccc23)c1)N1CC2CC1CN2. The zero-order valence-electron chi connectivity index (χ0n) is 14.3. The van der Waals surface area contributed by atoms with Crippen LogP contribution in [0.5, 0.6) is 0 Å². The number of benzene rings is 3. The summed E-state index contributed by atoms with van der Waals surface area (Å²) in [6.07, 6.45) is 1.08. The Bertz CT molecular complexity index is 1020. The Morgan fingerprint density at radius 1 is 1.08 bits per heavy atom. The van der Waals surface area contributed by atoms with Gasteiger partial charge in [0.15, 0.2) is 0 Å². The standard InChI is InChI=1S/C22H19BrN2O/c23-20-9-8-14-4-1-2-7-19(14)21(20)15-5-3-6-16(10-15)22(26)25-13-17-11-18(25)12-24-17/h1-10,17-18,24H,11-13H2. The average Bonchev–Trinajstić information content (AvgIpc) is 3.31.